The third-order valence-corrected chi connectivity index (χ3v) is 2.44. The van der Waals surface area contributed by atoms with Crippen LogP contribution in [0.2, 0.25) is 0 Å². The Hall–Kier alpha value is -1.13. The molecule has 13 heavy (non-hydrogen) atoms. The summed E-state index contributed by atoms with van der Waals surface area (Å²) in [6, 6.07) is 1.95. The Labute approximate surface area is 77.5 Å². The van der Waals surface area contributed by atoms with Gasteiger partial charge in [-0.2, -0.15) is 0 Å². The number of nitrogen functional groups attached to an aromatic ring is 1. The maximum absolute atomic E-state index is 5.73. The van der Waals surface area contributed by atoms with Crippen molar-refractivity contribution in [2.45, 2.75) is 12.8 Å². The lowest BCUT2D eigenvalue weighted by Crippen LogP contribution is -2.33. The standard InChI is InChI=1S/C9H14N4/c10-9-5-7-1-3-13(11)4-2-8(7)6-12-9/h5-6H,1-4,11H2,(H2,10,12). The van der Waals surface area contributed by atoms with E-state index in [1.165, 1.54) is 11.1 Å². The van der Waals surface area contributed by atoms with Crippen LogP contribution in [-0.4, -0.2) is 23.1 Å². The van der Waals surface area contributed by atoms with E-state index in [1.807, 2.05) is 17.3 Å². The molecular weight excluding hydrogens is 164 g/mol. The minimum Gasteiger partial charge on any atom is -0.384 e. The van der Waals surface area contributed by atoms with Crippen LogP contribution in [0.25, 0.3) is 0 Å². The lowest BCUT2D eigenvalue weighted by atomic mass is 10.1. The molecule has 1 aromatic rings. The fraction of sp³-hybridized carbons (Fsp3) is 0.444. The Morgan fingerprint density at radius 3 is 2.69 bits per heavy atom. The zero-order valence-electron chi connectivity index (χ0n) is 7.53. The van der Waals surface area contributed by atoms with Crippen LogP contribution < -0.4 is 11.6 Å². The summed E-state index contributed by atoms with van der Waals surface area (Å²) in [4.78, 5) is 4.08. The average Bonchev–Trinajstić information content (AvgIpc) is 2.29. The second-order valence-electron chi connectivity index (χ2n) is 3.41. The molecule has 4 heteroatoms. The Balaban J connectivity index is 2.30. The Morgan fingerprint density at radius 2 is 1.92 bits per heavy atom. The second kappa shape index (κ2) is 3.32. The summed E-state index contributed by atoms with van der Waals surface area (Å²) >= 11 is 0. The van der Waals surface area contributed by atoms with Crippen LogP contribution in [0.5, 0.6) is 0 Å². The van der Waals surface area contributed by atoms with E-state index >= 15 is 0 Å². The van der Waals surface area contributed by atoms with Gasteiger partial charge in [0.25, 0.3) is 0 Å². The Bertz CT molecular complexity index is 310. The quantitative estimate of drug-likeness (QED) is 0.546. The first-order valence-corrected chi connectivity index (χ1v) is 4.48. The van der Waals surface area contributed by atoms with Crippen LogP contribution in [0, 0.1) is 0 Å². The van der Waals surface area contributed by atoms with Gasteiger partial charge in [0, 0.05) is 19.3 Å². The van der Waals surface area contributed by atoms with Gasteiger partial charge in [0.2, 0.25) is 0 Å². The van der Waals surface area contributed by atoms with E-state index in [9.17, 15) is 0 Å². The summed E-state index contributed by atoms with van der Waals surface area (Å²) in [5, 5.41) is 1.84. The summed E-state index contributed by atoms with van der Waals surface area (Å²) < 4.78 is 0. The molecule has 4 N–H and O–H groups in total. The molecule has 0 atom stereocenters. The molecule has 0 amide bonds. The number of rotatable bonds is 0. The van der Waals surface area contributed by atoms with Gasteiger partial charge in [0.1, 0.15) is 5.82 Å². The van der Waals surface area contributed by atoms with E-state index < -0.39 is 0 Å². The van der Waals surface area contributed by atoms with Gasteiger partial charge in [0.05, 0.1) is 0 Å². The molecule has 0 spiro atoms. The van der Waals surface area contributed by atoms with E-state index in [2.05, 4.69) is 4.98 Å². The van der Waals surface area contributed by atoms with Gasteiger partial charge in [-0.25, -0.2) is 9.99 Å². The maximum atomic E-state index is 5.73. The molecule has 0 saturated carbocycles. The molecule has 2 heterocycles. The Morgan fingerprint density at radius 1 is 1.23 bits per heavy atom. The molecule has 0 unspecified atom stereocenters. The summed E-state index contributed by atoms with van der Waals surface area (Å²) in [7, 11) is 0. The highest BCUT2D eigenvalue weighted by Crippen LogP contribution is 2.15. The predicted octanol–water partition coefficient (Wildman–Crippen LogP) is -0.0619. The number of anilines is 1. The number of hydrogen-bond acceptors (Lipinski definition) is 4. The summed E-state index contributed by atoms with van der Waals surface area (Å²) in [5.41, 5.74) is 8.18. The number of pyridine rings is 1. The van der Waals surface area contributed by atoms with Gasteiger partial charge in [-0.15, -0.1) is 0 Å². The van der Waals surface area contributed by atoms with Crippen molar-refractivity contribution in [1.82, 2.24) is 9.99 Å². The molecule has 0 aromatic carbocycles. The minimum absolute atomic E-state index is 0.601. The van der Waals surface area contributed by atoms with Crippen molar-refractivity contribution in [2.75, 3.05) is 18.8 Å². The highest BCUT2D eigenvalue weighted by Gasteiger charge is 2.11. The van der Waals surface area contributed by atoms with Crippen LogP contribution in [0.1, 0.15) is 11.1 Å². The number of aromatic nitrogens is 1. The molecule has 4 nitrogen and oxygen atoms in total. The fourth-order valence-electron chi connectivity index (χ4n) is 1.64. The molecule has 1 aliphatic heterocycles. The predicted molar refractivity (Wildman–Crippen MR) is 51.8 cm³/mol. The van der Waals surface area contributed by atoms with Crippen molar-refractivity contribution < 1.29 is 0 Å². The molecule has 0 radical (unpaired) electrons. The largest absolute Gasteiger partial charge is 0.384 e. The number of fused-ring (bicyclic) bond motifs is 1. The van der Waals surface area contributed by atoms with Crippen LogP contribution in [-0.2, 0) is 12.8 Å². The van der Waals surface area contributed by atoms with E-state index in [4.69, 9.17) is 11.6 Å². The maximum Gasteiger partial charge on any atom is 0.123 e. The molecule has 0 aliphatic carbocycles. The highest BCUT2D eigenvalue weighted by molar-refractivity contribution is 5.37. The highest BCUT2D eigenvalue weighted by atomic mass is 15.4. The number of nitrogens with zero attached hydrogens (tertiary/aromatic N) is 2. The second-order valence-corrected chi connectivity index (χ2v) is 3.41. The topological polar surface area (TPSA) is 68.2 Å². The molecule has 1 aromatic heterocycles. The number of hydrogen-bond donors (Lipinski definition) is 2. The van der Waals surface area contributed by atoms with Crippen molar-refractivity contribution >= 4 is 5.82 Å². The van der Waals surface area contributed by atoms with Crippen molar-refractivity contribution in [3.05, 3.63) is 23.4 Å². The zero-order chi connectivity index (χ0) is 9.26. The minimum atomic E-state index is 0.601. The van der Waals surface area contributed by atoms with Crippen LogP contribution in [0.4, 0.5) is 5.82 Å². The molecular formula is C9H14N4. The first-order chi connectivity index (χ1) is 6.25. The average molecular weight is 178 g/mol. The molecule has 1 aliphatic rings. The van der Waals surface area contributed by atoms with Gasteiger partial charge < -0.3 is 5.73 Å². The van der Waals surface area contributed by atoms with Crippen LogP contribution in [0.3, 0.4) is 0 Å². The fourth-order valence-corrected chi connectivity index (χ4v) is 1.64. The van der Waals surface area contributed by atoms with Crippen LogP contribution >= 0.6 is 0 Å². The van der Waals surface area contributed by atoms with Crippen molar-refractivity contribution in [3.63, 3.8) is 0 Å². The third kappa shape index (κ3) is 1.79. The van der Waals surface area contributed by atoms with Crippen molar-refractivity contribution in [1.29, 1.82) is 0 Å². The molecule has 0 bridgehead atoms. The monoisotopic (exact) mass is 178 g/mol. The third-order valence-electron chi connectivity index (χ3n) is 2.44. The molecule has 70 valence electrons. The first kappa shape index (κ1) is 8.47. The van der Waals surface area contributed by atoms with Crippen molar-refractivity contribution in [3.8, 4) is 0 Å². The van der Waals surface area contributed by atoms with Gasteiger partial charge in [-0.1, -0.05) is 0 Å². The van der Waals surface area contributed by atoms with Gasteiger partial charge >= 0.3 is 0 Å². The molecule has 2 rings (SSSR count). The van der Waals surface area contributed by atoms with E-state index in [1.54, 1.807) is 0 Å². The van der Waals surface area contributed by atoms with Crippen LogP contribution in [0.15, 0.2) is 12.3 Å². The van der Waals surface area contributed by atoms with E-state index in [-0.39, 0.29) is 0 Å². The van der Waals surface area contributed by atoms with E-state index in [0.717, 1.165) is 25.9 Å². The summed E-state index contributed by atoms with van der Waals surface area (Å²) in [5.74, 6) is 6.33. The van der Waals surface area contributed by atoms with Gasteiger partial charge in [-0.3, -0.25) is 5.84 Å². The van der Waals surface area contributed by atoms with Gasteiger partial charge in [0.15, 0.2) is 0 Å². The SMILES string of the molecule is Nc1cc2c(cn1)CCN(N)CC2. The molecule has 0 fully saturated rings. The first-order valence-electron chi connectivity index (χ1n) is 4.48. The summed E-state index contributed by atoms with van der Waals surface area (Å²) in [6.07, 6.45) is 3.81. The lowest BCUT2D eigenvalue weighted by Gasteiger charge is -2.10. The zero-order valence-corrected chi connectivity index (χ0v) is 7.53. The lowest BCUT2D eigenvalue weighted by molar-refractivity contribution is 0.298. The van der Waals surface area contributed by atoms with E-state index in [0.29, 0.717) is 5.82 Å². The number of hydrazine groups is 1. The Kier molecular flexibility index (Phi) is 2.16. The van der Waals surface area contributed by atoms with Gasteiger partial charge in [-0.05, 0) is 30.0 Å². The van der Waals surface area contributed by atoms with Crippen molar-refractivity contribution in [2.24, 2.45) is 5.84 Å². The normalized spacial score (nSPS) is 17.9. The smallest absolute Gasteiger partial charge is 0.123 e. The summed E-state index contributed by atoms with van der Waals surface area (Å²) in [6.45, 7) is 1.80. The molecule has 0 saturated heterocycles. The number of nitrogens with two attached hydrogens (primary N) is 2.